The maximum Gasteiger partial charge on any atom is 0.407 e. The Morgan fingerprint density at radius 2 is 1.61 bits per heavy atom. The van der Waals surface area contributed by atoms with E-state index >= 15 is 0 Å². The van der Waals surface area contributed by atoms with E-state index in [-0.39, 0.29) is 30.9 Å². The lowest BCUT2D eigenvalue weighted by Crippen LogP contribution is -2.51. The van der Waals surface area contributed by atoms with Crippen LogP contribution in [0.5, 0.6) is 0 Å². The average molecular weight is 453 g/mol. The topological polar surface area (TPSA) is 95.9 Å². The number of ether oxygens (including phenoxy) is 1. The van der Waals surface area contributed by atoms with Crippen LogP contribution in [0.1, 0.15) is 57.1 Å². The number of nitrogens with one attached hydrogen (secondary N) is 1. The van der Waals surface area contributed by atoms with Crippen LogP contribution in [0.3, 0.4) is 0 Å². The summed E-state index contributed by atoms with van der Waals surface area (Å²) in [5, 5.41) is 11.6. The number of amides is 2. The van der Waals surface area contributed by atoms with Gasteiger partial charge in [0.1, 0.15) is 12.6 Å². The number of aliphatic carboxylic acids is 1. The Morgan fingerprint density at radius 3 is 2.12 bits per heavy atom. The third kappa shape index (κ3) is 5.72. The standard InChI is InChI=1S/C26H32N2O5/c1-4-23(25(31)28(17(2)3)15-9-14-24(29)30)27-26(32)33-16-22-20-12-7-5-10-18(20)19-11-6-8-13-21(19)22/h5-8,10-13,17,22-23H,4,9,14-16H2,1-3H3,(H,27,32)(H,29,30)/t23-/m0/s1. The molecule has 0 aromatic heterocycles. The van der Waals surface area contributed by atoms with Crippen LogP contribution < -0.4 is 5.32 Å². The number of alkyl carbamates (subject to hydrolysis) is 1. The van der Waals surface area contributed by atoms with Crippen LogP contribution in [0.4, 0.5) is 4.79 Å². The van der Waals surface area contributed by atoms with Gasteiger partial charge in [-0.25, -0.2) is 4.79 Å². The molecule has 176 valence electrons. The molecule has 0 unspecified atom stereocenters. The molecule has 2 aromatic rings. The summed E-state index contributed by atoms with van der Waals surface area (Å²) < 4.78 is 5.58. The van der Waals surface area contributed by atoms with Crippen LogP contribution in [0.25, 0.3) is 11.1 Å². The van der Waals surface area contributed by atoms with Gasteiger partial charge in [-0.3, -0.25) is 9.59 Å². The zero-order valence-corrected chi connectivity index (χ0v) is 19.4. The molecular formula is C26H32N2O5. The number of rotatable bonds is 10. The quantitative estimate of drug-likeness (QED) is 0.557. The normalized spacial score (nSPS) is 13.2. The van der Waals surface area contributed by atoms with E-state index in [4.69, 9.17) is 9.84 Å². The highest BCUT2D eigenvalue weighted by molar-refractivity contribution is 5.86. The predicted octanol–water partition coefficient (Wildman–Crippen LogP) is 4.41. The molecule has 1 aliphatic rings. The zero-order chi connectivity index (χ0) is 24.0. The summed E-state index contributed by atoms with van der Waals surface area (Å²) in [6.07, 6.45) is 0.130. The van der Waals surface area contributed by atoms with Gasteiger partial charge < -0.3 is 20.1 Å². The molecule has 1 aliphatic carbocycles. The first-order valence-electron chi connectivity index (χ1n) is 11.5. The molecule has 0 saturated carbocycles. The van der Waals surface area contributed by atoms with Crippen molar-refractivity contribution in [1.29, 1.82) is 0 Å². The Morgan fingerprint density at radius 1 is 1.03 bits per heavy atom. The van der Waals surface area contributed by atoms with E-state index in [1.165, 1.54) is 0 Å². The molecule has 0 heterocycles. The van der Waals surface area contributed by atoms with Crippen LogP contribution in [0, 0.1) is 0 Å². The monoisotopic (exact) mass is 452 g/mol. The molecule has 33 heavy (non-hydrogen) atoms. The highest BCUT2D eigenvalue weighted by atomic mass is 16.5. The number of hydrogen-bond donors (Lipinski definition) is 2. The number of carbonyl (C=O) groups is 3. The lowest BCUT2D eigenvalue weighted by Gasteiger charge is -2.30. The van der Waals surface area contributed by atoms with Crippen LogP contribution in [-0.2, 0) is 14.3 Å². The van der Waals surface area contributed by atoms with Crippen molar-refractivity contribution >= 4 is 18.0 Å². The Hall–Kier alpha value is -3.35. The fourth-order valence-corrected chi connectivity index (χ4v) is 4.34. The molecule has 3 rings (SSSR count). The molecule has 0 aliphatic heterocycles. The molecule has 0 fully saturated rings. The minimum Gasteiger partial charge on any atom is -0.481 e. The number of carboxylic acid groups (broad SMARTS) is 1. The minimum absolute atomic E-state index is 0.00685. The highest BCUT2D eigenvalue weighted by Gasteiger charge is 2.30. The number of carbonyl (C=O) groups excluding carboxylic acids is 2. The Kier molecular flexibility index (Phi) is 8.09. The van der Waals surface area contributed by atoms with E-state index in [2.05, 4.69) is 29.6 Å². The van der Waals surface area contributed by atoms with Gasteiger partial charge >= 0.3 is 12.1 Å². The first-order valence-corrected chi connectivity index (χ1v) is 11.5. The largest absolute Gasteiger partial charge is 0.481 e. The number of hydrogen-bond acceptors (Lipinski definition) is 4. The Labute approximate surface area is 194 Å². The van der Waals surface area contributed by atoms with E-state index in [1.807, 2.05) is 45.0 Å². The Balaban J connectivity index is 1.62. The second kappa shape index (κ2) is 11.0. The van der Waals surface area contributed by atoms with Gasteiger partial charge in [0.05, 0.1) is 0 Å². The lowest BCUT2D eigenvalue weighted by molar-refractivity contribution is -0.139. The molecule has 2 aromatic carbocycles. The number of benzene rings is 2. The summed E-state index contributed by atoms with van der Waals surface area (Å²) in [7, 11) is 0. The third-order valence-corrected chi connectivity index (χ3v) is 6.04. The van der Waals surface area contributed by atoms with E-state index in [0.717, 1.165) is 22.3 Å². The molecule has 2 amide bonds. The summed E-state index contributed by atoms with van der Waals surface area (Å²) in [6.45, 7) is 6.07. The first kappa shape index (κ1) is 24.3. The molecule has 7 nitrogen and oxygen atoms in total. The number of fused-ring (bicyclic) bond motifs is 3. The van der Waals surface area contributed by atoms with Crippen molar-refractivity contribution in [2.75, 3.05) is 13.2 Å². The number of nitrogens with zero attached hydrogens (tertiary/aromatic N) is 1. The smallest absolute Gasteiger partial charge is 0.407 e. The molecule has 1 atom stereocenters. The SMILES string of the molecule is CC[C@H](NC(=O)OCC1c2ccccc2-c2ccccc21)C(=O)N(CCCC(=O)O)C(C)C. The van der Waals surface area contributed by atoms with Crippen molar-refractivity contribution in [1.82, 2.24) is 10.2 Å². The first-order chi connectivity index (χ1) is 15.8. The van der Waals surface area contributed by atoms with E-state index < -0.39 is 18.1 Å². The Bertz CT molecular complexity index is 958. The van der Waals surface area contributed by atoms with Gasteiger partial charge in [-0.2, -0.15) is 0 Å². The van der Waals surface area contributed by atoms with E-state index in [0.29, 0.717) is 19.4 Å². The van der Waals surface area contributed by atoms with Gasteiger partial charge in [0.25, 0.3) is 0 Å². The van der Waals surface area contributed by atoms with Gasteiger partial charge in [-0.15, -0.1) is 0 Å². The minimum atomic E-state index is -0.894. The average Bonchev–Trinajstić information content (AvgIpc) is 3.12. The number of carboxylic acids is 1. The predicted molar refractivity (Wildman–Crippen MR) is 126 cm³/mol. The molecule has 0 radical (unpaired) electrons. The van der Waals surface area contributed by atoms with Crippen molar-refractivity contribution in [2.45, 2.75) is 58.0 Å². The molecule has 0 spiro atoms. The van der Waals surface area contributed by atoms with Gasteiger partial charge in [-0.1, -0.05) is 55.5 Å². The molecule has 0 bridgehead atoms. The third-order valence-electron chi connectivity index (χ3n) is 6.04. The summed E-state index contributed by atoms with van der Waals surface area (Å²) in [4.78, 5) is 38.1. The van der Waals surface area contributed by atoms with E-state index in [9.17, 15) is 14.4 Å². The summed E-state index contributed by atoms with van der Waals surface area (Å²) in [5.74, 6) is -1.18. The molecular weight excluding hydrogens is 420 g/mol. The van der Waals surface area contributed by atoms with Gasteiger partial charge in [0.2, 0.25) is 5.91 Å². The van der Waals surface area contributed by atoms with Crippen LogP contribution in [0.15, 0.2) is 48.5 Å². The van der Waals surface area contributed by atoms with Crippen molar-refractivity contribution in [2.24, 2.45) is 0 Å². The van der Waals surface area contributed by atoms with Gasteiger partial charge in [0, 0.05) is 24.9 Å². The van der Waals surface area contributed by atoms with Crippen molar-refractivity contribution in [3.63, 3.8) is 0 Å². The summed E-state index contributed by atoms with van der Waals surface area (Å²) >= 11 is 0. The van der Waals surface area contributed by atoms with Crippen LogP contribution >= 0.6 is 0 Å². The lowest BCUT2D eigenvalue weighted by atomic mass is 9.98. The fraction of sp³-hybridized carbons (Fsp3) is 0.423. The van der Waals surface area contributed by atoms with Crippen molar-refractivity contribution < 1.29 is 24.2 Å². The fourth-order valence-electron chi connectivity index (χ4n) is 4.34. The second-order valence-electron chi connectivity index (χ2n) is 8.55. The van der Waals surface area contributed by atoms with Crippen molar-refractivity contribution in [3.05, 3.63) is 59.7 Å². The highest BCUT2D eigenvalue weighted by Crippen LogP contribution is 2.44. The van der Waals surface area contributed by atoms with Gasteiger partial charge in [0.15, 0.2) is 0 Å². The zero-order valence-electron chi connectivity index (χ0n) is 19.4. The van der Waals surface area contributed by atoms with Gasteiger partial charge in [-0.05, 0) is 48.9 Å². The molecule has 2 N–H and O–H groups in total. The maximum absolute atomic E-state index is 13.0. The second-order valence-corrected chi connectivity index (χ2v) is 8.55. The summed E-state index contributed by atoms with van der Waals surface area (Å²) in [5.41, 5.74) is 4.55. The van der Waals surface area contributed by atoms with E-state index in [1.54, 1.807) is 4.90 Å². The van der Waals surface area contributed by atoms with Crippen molar-refractivity contribution in [3.8, 4) is 11.1 Å². The van der Waals surface area contributed by atoms with Crippen LogP contribution in [-0.4, -0.2) is 53.2 Å². The molecule has 7 heteroatoms. The molecule has 0 saturated heterocycles. The maximum atomic E-state index is 13.0. The summed E-state index contributed by atoms with van der Waals surface area (Å²) in [6, 6.07) is 15.4. The van der Waals surface area contributed by atoms with Crippen LogP contribution in [0.2, 0.25) is 0 Å².